The first-order valence-corrected chi connectivity index (χ1v) is 7.76. The summed E-state index contributed by atoms with van der Waals surface area (Å²) in [7, 11) is 2.95. The molecule has 0 saturated heterocycles. The van der Waals surface area contributed by atoms with Crippen molar-refractivity contribution in [3.05, 3.63) is 72.3 Å². The Morgan fingerprint density at radius 2 is 2.08 bits per heavy atom. The van der Waals surface area contributed by atoms with Gasteiger partial charge in [0, 0.05) is 17.3 Å². The van der Waals surface area contributed by atoms with Crippen molar-refractivity contribution in [2.24, 2.45) is 5.73 Å². The minimum Gasteiger partial charge on any atom is -0.499 e. The summed E-state index contributed by atoms with van der Waals surface area (Å²) in [5.41, 5.74) is 8.05. The molecular formula is C19H21FN4O2. The summed E-state index contributed by atoms with van der Waals surface area (Å²) in [5, 5.41) is 3.09. The van der Waals surface area contributed by atoms with Gasteiger partial charge in [0.1, 0.15) is 17.9 Å². The number of hydrogen-bond acceptors (Lipinski definition) is 6. The highest BCUT2D eigenvalue weighted by atomic mass is 19.1. The molecule has 0 aliphatic rings. The Balaban J connectivity index is 2.37. The Morgan fingerprint density at radius 3 is 2.73 bits per heavy atom. The van der Waals surface area contributed by atoms with Crippen molar-refractivity contribution in [2.45, 2.75) is 6.92 Å². The lowest BCUT2D eigenvalue weighted by atomic mass is 10.1. The van der Waals surface area contributed by atoms with Crippen LogP contribution in [0.4, 0.5) is 10.2 Å². The molecule has 26 heavy (non-hydrogen) atoms. The Kier molecular flexibility index (Phi) is 6.32. The lowest BCUT2D eigenvalue weighted by molar-refractivity contribution is 0.289. The van der Waals surface area contributed by atoms with E-state index >= 15 is 0 Å². The third-order valence-corrected chi connectivity index (χ3v) is 3.63. The molecule has 0 radical (unpaired) electrons. The third-order valence-electron chi connectivity index (χ3n) is 3.63. The van der Waals surface area contributed by atoms with Crippen LogP contribution < -0.4 is 15.8 Å². The summed E-state index contributed by atoms with van der Waals surface area (Å²) < 4.78 is 24.2. The monoisotopic (exact) mass is 356 g/mol. The summed E-state index contributed by atoms with van der Waals surface area (Å²) in [6.45, 7) is 5.51. The molecular weight excluding hydrogens is 335 g/mol. The fourth-order valence-electron chi connectivity index (χ4n) is 2.17. The van der Waals surface area contributed by atoms with E-state index in [1.165, 1.54) is 19.5 Å². The molecule has 0 unspecified atom stereocenters. The van der Waals surface area contributed by atoms with Gasteiger partial charge in [0.15, 0.2) is 11.6 Å². The second-order valence-electron chi connectivity index (χ2n) is 5.25. The number of allylic oxidation sites excluding steroid dienone is 3. The number of nitrogens with one attached hydrogen (secondary N) is 1. The van der Waals surface area contributed by atoms with Gasteiger partial charge in [0.05, 0.1) is 25.6 Å². The Bertz CT molecular complexity index is 862. The molecule has 1 heterocycles. The maximum Gasteiger partial charge on any atom is 0.165 e. The van der Waals surface area contributed by atoms with Crippen LogP contribution in [0.25, 0.3) is 11.3 Å². The van der Waals surface area contributed by atoms with Crippen LogP contribution in [0.2, 0.25) is 0 Å². The van der Waals surface area contributed by atoms with Gasteiger partial charge < -0.3 is 20.5 Å². The number of benzene rings is 1. The zero-order chi connectivity index (χ0) is 19.1. The van der Waals surface area contributed by atoms with Gasteiger partial charge in [-0.2, -0.15) is 0 Å². The van der Waals surface area contributed by atoms with Gasteiger partial charge in [0.2, 0.25) is 0 Å². The normalized spacial score (nSPS) is 12.2. The minimum atomic E-state index is -0.460. The third kappa shape index (κ3) is 4.38. The van der Waals surface area contributed by atoms with Crippen LogP contribution in [0.3, 0.4) is 0 Å². The molecule has 0 atom stereocenters. The topological polar surface area (TPSA) is 82.3 Å². The maximum atomic E-state index is 13.9. The summed E-state index contributed by atoms with van der Waals surface area (Å²) in [5.74, 6) is 0.742. The van der Waals surface area contributed by atoms with Crippen LogP contribution in [0, 0.1) is 5.82 Å². The molecule has 1 aromatic carbocycles. The van der Waals surface area contributed by atoms with Gasteiger partial charge in [-0.3, -0.25) is 0 Å². The molecule has 0 bridgehead atoms. The van der Waals surface area contributed by atoms with Gasteiger partial charge in [-0.25, -0.2) is 14.4 Å². The predicted octanol–water partition coefficient (Wildman–Crippen LogP) is 3.61. The minimum absolute atomic E-state index is 0.125. The van der Waals surface area contributed by atoms with Crippen molar-refractivity contribution in [3.63, 3.8) is 0 Å². The predicted molar refractivity (Wildman–Crippen MR) is 99.8 cm³/mol. The van der Waals surface area contributed by atoms with Crippen molar-refractivity contribution in [2.75, 3.05) is 19.5 Å². The molecule has 0 aliphatic carbocycles. The van der Waals surface area contributed by atoms with Crippen molar-refractivity contribution in [1.82, 2.24) is 9.97 Å². The van der Waals surface area contributed by atoms with E-state index < -0.39 is 5.82 Å². The number of rotatable bonds is 7. The van der Waals surface area contributed by atoms with Gasteiger partial charge in [-0.15, -0.1) is 0 Å². The molecule has 0 amide bonds. The maximum absolute atomic E-state index is 13.9. The molecule has 136 valence electrons. The van der Waals surface area contributed by atoms with Gasteiger partial charge >= 0.3 is 0 Å². The first kappa shape index (κ1) is 19.0. The number of para-hydroxylation sites is 1. The molecule has 3 N–H and O–H groups in total. The highest BCUT2D eigenvalue weighted by Crippen LogP contribution is 2.31. The van der Waals surface area contributed by atoms with E-state index in [9.17, 15) is 4.39 Å². The molecule has 1 aromatic heterocycles. The van der Waals surface area contributed by atoms with Crippen LogP contribution in [-0.4, -0.2) is 24.2 Å². The van der Waals surface area contributed by atoms with Crippen LogP contribution in [0.5, 0.6) is 5.75 Å². The molecule has 7 heteroatoms. The second kappa shape index (κ2) is 8.66. The Hall–Kier alpha value is -3.35. The molecule has 0 spiro atoms. The Labute approximate surface area is 151 Å². The number of nitrogens with two attached hydrogens (primary N) is 1. The Morgan fingerprint density at radius 1 is 1.31 bits per heavy atom. The fourth-order valence-corrected chi connectivity index (χ4v) is 2.17. The van der Waals surface area contributed by atoms with E-state index in [1.54, 1.807) is 44.4 Å². The summed E-state index contributed by atoms with van der Waals surface area (Å²) >= 11 is 0. The molecule has 0 aliphatic heterocycles. The van der Waals surface area contributed by atoms with E-state index in [0.29, 0.717) is 34.2 Å². The van der Waals surface area contributed by atoms with E-state index in [0.717, 1.165) is 0 Å². The fraction of sp³-hybridized carbons (Fsp3) is 0.158. The number of anilines is 1. The quantitative estimate of drug-likeness (QED) is 0.582. The number of nitrogens with zero attached hydrogens (tertiary/aromatic N) is 2. The largest absolute Gasteiger partial charge is 0.499 e. The average molecular weight is 356 g/mol. The first-order chi connectivity index (χ1) is 12.5. The molecule has 0 fully saturated rings. The van der Waals surface area contributed by atoms with Crippen molar-refractivity contribution in [3.8, 4) is 17.0 Å². The molecule has 0 saturated carbocycles. The standard InChI is InChI=1S/C19H21FN4O2/c1-5-13(9-16(21)12(2)25-3)24-18-10-17(22-11-23-18)14-7-6-8-15(20)19(14)26-4/h5-11H,1,21H2,2-4H3,(H,22,23,24)/b13-9+,16-12-. The van der Waals surface area contributed by atoms with Crippen LogP contribution in [-0.2, 0) is 4.74 Å². The van der Waals surface area contributed by atoms with Crippen molar-refractivity contribution in [1.29, 1.82) is 0 Å². The SMILES string of the molecule is C=C/C(=C\C(N)=C(/C)OC)Nc1cc(-c2cccc(F)c2OC)ncn1. The van der Waals surface area contributed by atoms with Gasteiger partial charge in [-0.1, -0.05) is 12.6 Å². The lowest BCUT2D eigenvalue weighted by Crippen LogP contribution is -2.05. The number of aromatic nitrogens is 2. The van der Waals surface area contributed by atoms with Crippen LogP contribution in [0.1, 0.15) is 6.92 Å². The molecule has 2 aromatic rings. The van der Waals surface area contributed by atoms with Crippen molar-refractivity contribution < 1.29 is 13.9 Å². The number of methoxy groups -OCH3 is 2. The summed E-state index contributed by atoms with van der Waals surface area (Å²) in [4.78, 5) is 8.37. The van der Waals surface area contributed by atoms with E-state index in [2.05, 4.69) is 21.9 Å². The lowest BCUT2D eigenvalue weighted by Gasteiger charge is -2.11. The highest BCUT2D eigenvalue weighted by Gasteiger charge is 2.12. The van der Waals surface area contributed by atoms with Crippen LogP contribution >= 0.6 is 0 Å². The summed E-state index contributed by atoms with van der Waals surface area (Å²) in [6, 6.07) is 6.32. The molecule has 2 rings (SSSR count). The molecule has 6 nitrogen and oxygen atoms in total. The first-order valence-electron chi connectivity index (χ1n) is 7.76. The van der Waals surface area contributed by atoms with Crippen molar-refractivity contribution >= 4 is 5.82 Å². The summed E-state index contributed by atoms with van der Waals surface area (Å²) in [6.07, 6.45) is 4.65. The van der Waals surface area contributed by atoms with Gasteiger partial charge in [0.25, 0.3) is 0 Å². The van der Waals surface area contributed by atoms with Gasteiger partial charge in [-0.05, 0) is 31.2 Å². The zero-order valence-corrected chi connectivity index (χ0v) is 14.9. The highest BCUT2D eigenvalue weighted by molar-refractivity contribution is 5.69. The van der Waals surface area contributed by atoms with E-state index in [-0.39, 0.29) is 5.75 Å². The second-order valence-corrected chi connectivity index (χ2v) is 5.25. The van der Waals surface area contributed by atoms with E-state index in [1.807, 2.05) is 0 Å². The number of halogens is 1. The van der Waals surface area contributed by atoms with Crippen LogP contribution in [0.15, 0.2) is 66.5 Å². The smallest absolute Gasteiger partial charge is 0.165 e. The number of hydrogen-bond donors (Lipinski definition) is 2. The number of ether oxygens (including phenoxy) is 2. The van der Waals surface area contributed by atoms with E-state index in [4.69, 9.17) is 15.2 Å². The average Bonchev–Trinajstić information content (AvgIpc) is 2.66. The zero-order valence-electron chi connectivity index (χ0n) is 14.9.